The molecule has 18 heavy (non-hydrogen) atoms. The fourth-order valence-electron chi connectivity index (χ4n) is 3.17. The standard InChI is InChI=1S/C14H28N2O2/c1-13(2)9-11(10-14(3,4)16-13)15-8-6-5-7-12(17)18/h11,15-16H,5-10H2,1-4H3,(H,17,18). The van der Waals surface area contributed by atoms with Crippen LogP contribution >= 0.6 is 0 Å². The number of rotatable bonds is 6. The lowest BCUT2D eigenvalue weighted by atomic mass is 9.79. The van der Waals surface area contributed by atoms with E-state index in [9.17, 15) is 4.79 Å². The topological polar surface area (TPSA) is 61.4 Å². The number of aliphatic carboxylic acids is 1. The molecule has 1 saturated heterocycles. The summed E-state index contributed by atoms with van der Waals surface area (Å²) in [7, 11) is 0. The third-order valence-electron chi connectivity index (χ3n) is 3.44. The van der Waals surface area contributed by atoms with Gasteiger partial charge in [0, 0.05) is 23.5 Å². The van der Waals surface area contributed by atoms with E-state index in [2.05, 4.69) is 38.3 Å². The molecule has 4 nitrogen and oxygen atoms in total. The zero-order valence-electron chi connectivity index (χ0n) is 12.2. The van der Waals surface area contributed by atoms with Crippen molar-refractivity contribution in [2.45, 2.75) is 76.9 Å². The molecular formula is C14H28N2O2. The first-order chi connectivity index (χ1) is 8.20. The van der Waals surface area contributed by atoms with Crippen LogP contribution in [-0.4, -0.2) is 34.7 Å². The van der Waals surface area contributed by atoms with Crippen molar-refractivity contribution in [2.24, 2.45) is 0 Å². The summed E-state index contributed by atoms with van der Waals surface area (Å²) in [5, 5.41) is 15.8. The van der Waals surface area contributed by atoms with E-state index in [1.807, 2.05) is 0 Å². The Bertz CT molecular complexity index is 272. The fraction of sp³-hybridized carbons (Fsp3) is 0.929. The van der Waals surface area contributed by atoms with Crippen LogP contribution in [0.2, 0.25) is 0 Å². The van der Waals surface area contributed by atoms with Crippen LogP contribution in [0.5, 0.6) is 0 Å². The first-order valence-electron chi connectivity index (χ1n) is 6.95. The SMILES string of the molecule is CC1(C)CC(NCCCCC(=O)O)CC(C)(C)N1. The monoisotopic (exact) mass is 256 g/mol. The van der Waals surface area contributed by atoms with Gasteiger partial charge in [0.15, 0.2) is 0 Å². The largest absolute Gasteiger partial charge is 0.481 e. The maximum Gasteiger partial charge on any atom is 0.303 e. The Morgan fingerprint density at radius 1 is 1.22 bits per heavy atom. The second-order valence-corrected chi connectivity index (χ2v) is 6.80. The average Bonchev–Trinajstić information content (AvgIpc) is 2.11. The van der Waals surface area contributed by atoms with E-state index < -0.39 is 5.97 Å². The highest BCUT2D eigenvalue weighted by Gasteiger charge is 2.37. The van der Waals surface area contributed by atoms with Gasteiger partial charge >= 0.3 is 5.97 Å². The predicted octanol–water partition coefficient (Wildman–Crippen LogP) is 2.14. The summed E-state index contributed by atoms with van der Waals surface area (Å²) in [6, 6.07) is 0.529. The highest BCUT2D eigenvalue weighted by Crippen LogP contribution is 2.28. The van der Waals surface area contributed by atoms with E-state index in [4.69, 9.17) is 5.11 Å². The molecule has 1 fully saturated rings. The molecular weight excluding hydrogens is 228 g/mol. The van der Waals surface area contributed by atoms with E-state index in [0.717, 1.165) is 32.2 Å². The molecule has 0 saturated carbocycles. The lowest BCUT2D eigenvalue weighted by molar-refractivity contribution is -0.137. The van der Waals surface area contributed by atoms with Crippen LogP contribution in [0.4, 0.5) is 0 Å². The molecule has 0 aromatic carbocycles. The second kappa shape index (κ2) is 6.02. The Morgan fingerprint density at radius 2 is 1.78 bits per heavy atom. The molecule has 0 radical (unpaired) electrons. The van der Waals surface area contributed by atoms with Gasteiger partial charge in [-0.25, -0.2) is 0 Å². The smallest absolute Gasteiger partial charge is 0.303 e. The quantitative estimate of drug-likeness (QED) is 0.637. The minimum atomic E-state index is -0.695. The Hall–Kier alpha value is -0.610. The first-order valence-corrected chi connectivity index (χ1v) is 6.95. The lowest BCUT2D eigenvalue weighted by Crippen LogP contribution is -2.61. The van der Waals surface area contributed by atoms with Crippen molar-refractivity contribution in [3.63, 3.8) is 0 Å². The summed E-state index contributed by atoms with van der Waals surface area (Å²) >= 11 is 0. The maximum absolute atomic E-state index is 10.4. The maximum atomic E-state index is 10.4. The molecule has 1 rings (SSSR count). The van der Waals surface area contributed by atoms with Gasteiger partial charge < -0.3 is 15.7 Å². The van der Waals surface area contributed by atoms with Gasteiger partial charge in [-0.2, -0.15) is 0 Å². The number of nitrogens with one attached hydrogen (secondary N) is 2. The number of carboxylic acids is 1. The molecule has 0 spiro atoms. The van der Waals surface area contributed by atoms with Crippen LogP contribution < -0.4 is 10.6 Å². The molecule has 0 atom stereocenters. The first kappa shape index (κ1) is 15.4. The third kappa shape index (κ3) is 5.83. The number of carbonyl (C=O) groups is 1. The van der Waals surface area contributed by atoms with Crippen molar-refractivity contribution in [3.05, 3.63) is 0 Å². The lowest BCUT2D eigenvalue weighted by Gasteiger charge is -2.46. The molecule has 3 N–H and O–H groups in total. The van der Waals surface area contributed by atoms with Gasteiger partial charge in [0.2, 0.25) is 0 Å². The number of unbranched alkanes of at least 4 members (excludes halogenated alkanes) is 1. The van der Waals surface area contributed by atoms with E-state index in [0.29, 0.717) is 6.04 Å². The zero-order valence-corrected chi connectivity index (χ0v) is 12.2. The molecule has 1 heterocycles. The molecule has 0 aromatic rings. The van der Waals surface area contributed by atoms with Gasteiger partial charge in [-0.15, -0.1) is 0 Å². The van der Waals surface area contributed by atoms with Crippen molar-refractivity contribution < 1.29 is 9.90 Å². The van der Waals surface area contributed by atoms with E-state index in [1.54, 1.807) is 0 Å². The Kier molecular flexibility index (Phi) is 5.17. The van der Waals surface area contributed by atoms with Crippen LogP contribution in [-0.2, 0) is 4.79 Å². The predicted molar refractivity (Wildman–Crippen MR) is 73.8 cm³/mol. The average molecular weight is 256 g/mol. The number of hydrogen-bond acceptors (Lipinski definition) is 3. The summed E-state index contributed by atoms with van der Waals surface area (Å²) in [5.74, 6) is -0.695. The summed E-state index contributed by atoms with van der Waals surface area (Å²) in [6.07, 6.45) is 4.23. The van der Waals surface area contributed by atoms with Crippen LogP contribution in [0.1, 0.15) is 59.8 Å². The normalized spacial score (nSPS) is 22.9. The molecule has 1 aliphatic heterocycles. The van der Waals surface area contributed by atoms with Crippen LogP contribution in [0.15, 0.2) is 0 Å². The van der Waals surface area contributed by atoms with E-state index >= 15 is 0 Å². The minimum absolute atomic E-state index is 0.167. The Balaban J connectivity index is 2.27. The summed E-state index contributed by atoms with van der Waals surface area (Å²) < 4.78 is 0. The number of piperidine rings is 1. The van der Waals surface area contributed by atoms with Crippen molar-refractivity contribution in [1.82, 2.24) is 10.6 Å². The molecule has 4 heteroatoms. The van der Waals surface area contributed by atoms with E-state index in [-0.39, 0.29) is 17.5 Å². The molecule has 1 aliphatic rings. The summed E-state index contributed by atoms with van der Waals surface area (Å²) in [5.41, 5.74) is 0.334. The molecule has 0 bridgehead atoms. The van der Waals surface area contributed by atoms with Gasteiger partial charge in [-0.05, 0) is 59.9 Å². The van der Waals surface area contributed by atoms with Crippen molar-refractivity contribution in [3.8, 4) is 0 Å². The Labute approximate surface area is 111 Å². The molecule has 0 aromatic heterocycles. The van der Waals surface area contributed by atoms with Gasteiger partial charge in [0.25, 0.3) is 0 Å². The highest BCUT2D eigenvalue weighted by molar-refractivity contribution is 5.66. The summed E-state index contributed by atoms with van der Waals surface area (Å²) in [6.45, 7) is 9.89. The highest BCUT2D eigenvalue weighted by atomic mass is 16.4. The van der Waals surface area contributed by atoms with Crippen molar-refractivity contribution in [2.75, 3.05) is 6.54 Å². The van der Waals surface area contributed by atoms with Gasteiger partial charge in [-0.1, -0.05) is 0 Å². The van der Waals surface area contributed by atoms with E-state index in [1.165, 1.54) is 0 Å². The van der Waals surface area contributed by atoms with Gasteiger partial charge in [-0.3, -0.25) is 4.79 Å². The van der Waals surface area contributed by atoms with Crippen molar-refractivity contribution in [1.29, 1.82) is 0 Å². The molecule has 0 unspecified atom stereocenters. The molecule has 0 amide bonds. The van der Waals surface area contributed by atoms with Crippen molar-refractivity contribution >= 4 is 5.97 Å². The Morgan fingerprint density at radius 3 is 2.28 bits per heavy atom. The number of carboxylic acid groups (broad SMARTS) is 1. The van der Waals surface area contributed by atoms with Crippen LogP contribution in [0, 0.1) is 0 Å². The number of hydrogen-bond donors (Lipinski definition) is 3. The fourth-order valence-corrected chi connectivity index (χ4v) is 3.17. The second-order valence-electron chi connectivity index (χ2n) is 6.80. The van der Waals surface area contributed by atoms with Crippen LogP contribution in [0.3, 0.4) is 0 Å². The minimum Gasteiger partial charge on any atom is -0.481 e. The molecule has 106 valence electrons. The molecule has 0 aliphatic carbocycles. The van der Waals surface area contributed by atoms with Crippen LogP contribution in [0.25, 0.3) is 0 Å². The zero-order chi connectivity index (χ0) is 13.8. The van der Waals surface area contributed by atoms with Gasteiger partial charge in [0.1, 0.15) is 0 Å². The van der Waals surface area contributed by atoms with Gasteiger partial charge in [0.05, 0.1) is 0 Å². The summed E-state index contributed by atoms with van der Waals surface area (Å²) in [4.78, 5) is 10.4. The third-order valence-corrected chi connectivity index (χ3v) is 3.44.